The zero-order chi connectivity index (χ0) is 18.4. The second-order valence-electron chi connectivity index (χ2n) is 6.43. The number of aryl methyl sites for hydroxylation is 3. The van der Waals surface area contributed by atoms with E-state index in [0.29, 0.717) is 18.0 Å². The molecule has 2 aromatic carbocycles. The minimum absolute atomic E-state index is 0.176. The van der Waals surface area contributed by atoms with Gasteiger partial charge in [0.1, 0.15) is 10.6 Å². The number of benzene rings is 2. The molecular weight excluding hydrogens is 334 g/mol. The fraction of sp³-hybridized carbons (Fsp3) is 0.400. The van der Waals surface area contributed by atoms with E-state index in [-0.39, 0.29) is 4.90 Å². The molecule has 4 nitrogen and oxygen atoms in total. The second-order valence-corrected chi connectivity index (χ2v) is 8.08. The lowest BCUT2D eigenvalue weighted by Gasteiger charge is -2.15. The van der Waals surface area contributed by atoms with E-state index in [1.54, 1.807) is 18.2 Å². The van der Waals surface area contributed by atoms with Crippen LogP contribution in [0.3, 0.4) is 0 Å². The minimum atomic E-state index is -3.72. The molecule has 0 saturated heterocycles. The number of anilines is 1. The molecule has 0 spiro atoms. The smallest absolute Gasteiger partial charge is 0.265 e. The Labute approximate surface area is 151 Å². The Morgan fingerprint density at radius 1 is 0.960 bits per heavy atom. The van der Waals surface area contributed by atoms with Crippen LogP contribution in [0.4, 0.5) is 5.69 Å². The average molecular weight is 362 g/mol. The van der Waals surface area contributed by atoms with E-state index in [4.69, 9.17) is 4.74 Å². The molecule has 0 aliphatic heterocycles. The van der Waals surface area contributed by atoms with Gasteiger partial charge in [0.15, 0.2) is 0 Å². The average Bonchev–Trinajstić information content (AvgIpc) is 2.54. The minimum Gasteiger partial charge on any atom is -0.492 e. The molecule has 0 bridgehead atoms. The van der Waals surface area contributed by atoms with Crippen LogP contribution < -0.4 is 9.46 Å². The van der Waals surface area contributed by atoms with Gasteiger partial charge in [-0.1, -0.05) is 38.0 Å². The van der Waals surface area contributed by atoms with Gasteiger partial charge in [-0.25, -0.2) is 8.42 Å². The van der Waals surface area contributed by atoms with Crippen LogP contribution in [0.1, 0.15) is 42.9 Å². The lowest BCUT2D eigenvalue weighted by atomic mass is 10.1. The largest absolute Gasteiger partial charge is 0.492 e. The van der Waals surface area contributed by atoms with E-state index in [9.17, 15) is 8.42 Å². The summed E-state index contributed by atoms with van der Waals surface area (Å²) in [6.45, 7) is 8.38. The maximum Gasteiger partial charge on any atom is 0.265 e. The van der Waals surface area contributed by atoms with Crippen molar-refractivity contribution in [2.75, 3.05) is 11.3 Å². The number of hydrogen-bond acceptors (Lipinski definition) is 3. The van der Waals surface area contributed by atoms with Crippen molar-refractivity contribution >= 4 is 15.7 Å². The fourth-order valence-corrected chi connectivity index (χ4v) is 3.78. The highest BCUT2D eigenvalue weighted by Gasteiger charge is 2.21. The van der Waals surface area contributed by atoms with Gasteiger partial charge in [0, 0.05) is 0 Å². The zero-order valence-corrected chi connectivity index (χ0v) is 16.2. The maximum absolute atomic E-state index is 12.9. The van der Waals surface area contributed by atoms with E-state index >= 15 is 0 Å². The summed E-state index contributed by atoms with van der Waals surface area (Å²) in [6, 6.07) is 10.9. The number of unbranched alkanes of at least 4 members (excludes halogenated alkanes) is 2. The van der Waals surface area contributed by atoms with E-state index in [0.717, 1.165) is 36.0 Å². The first-order valence-corrected chi connectivity index (χ1v) is 10.2. The molecule has 0 aliphatic rings. The molecule has 2 aromatic rings. The van der Waals surface area contributed by atoms with Crippen molar-refractivity contribution in [3.05, 3.63) is 53.1 Å². The monoisotopic (exact) mass is 361 g/mol. The molecule has 0 radical (unpaired) electrons. The highest BCUT2D eigenvalue weighted by Crippen LogP contribution is 2.28. The molecule has 25 heavy (non-hydrogen) atoms. The van der Waals surface area contributed by atoms with Gasteiger partial charge >= 0.3 is 0 Å². The number of ether oxygens (including phenoxy) is 1. The summed E-state index contributed by atoms with van der Waals surface area (Å²) >= 11 is 0. The van der Waals surface area contributed by atoms with Gasteiger partial charge in [-0.2, -0.15) is 0 Å². The summed E-state index contributed by atoms with van der Waals surface area (Å²) in [5, 5.41) is 0. The summed E-state index contributed by atoms with van der Waals surface area (Å²) in [7, 11) is -3.72. The highest BCUT2D eigenvalue weighted by atomic mass is 32.2. The van der Waals surface area contributed by atoms with Crippen LogP contribution in [0.2, 0.25) is 0 Å². The van der Waals surface area contributed by atoms with Crippen LogP contribution >= 0.6 is 0 Å². The van der Waals surface area contributed by atoms with Gasteiger partial charge in [0.25, 0.3) is 10.0 Å². The maximum atomic E-state index is 12.9. The SMILES string of the molecule is CCCCCOc1cc(C)ccc1S(=O)(=O)Nc1cc(C)ccc1C. The number of rotatable bonds is 8. The molecule has 0 aliphatic carbocycles. The number of sulfonamides is 1. The molecule has 0 aromatic heterocycles. The second kappa shape index (κ2) is 8.39. The van der Waals surface area contributed by atoms with Gasteiger partial charge in [-0.05, 0) is 62.1 Å². The Hall–Kier alpha value is -2.01. The van der Waals surface area contributed by atoms with Crippen molar-refractivity contribution < 1.29 is 13.2 Å². The van der Waals surface area contributed by atoms with Crippen molar-refractivity contribution in [1.82, 2.24) is 0 Å². The first kappa shape index (κ1) is 19.3. The molecule has 0 saturated carbocycles. The zero-order valence-electron chi connectivity index (χ0n) is 15.4. The Kier molecular flexibility index (Phi) is 6.48. The lowest BCUT2D eigenvalue weighted by molar-refractivity contribution is 0.298. The molecule has 5 heteroatoms. The quantitative estimate of drug-likeness (QED) is 0.675. The normalized spacial score (nSPS) is 11.4. The Balaban J connectivity index is 2.30. The van der Waals surface area contributed by atoms with E-state index < -0.39 is 10.0 Å². The third-order valence-corrected chi connectivity index (χ3v) is 5.44. The predicted octanol–water partition coefficient (Wildman–Crippen LogP) is 4.98. The molecule has 1 N–H and O–H groups in total. The van der Waals surface area contributed by atoms with E-state index in [1.807, 2.05) is 39.0 Å². The summed E-state index contributed by atoms with van der Waals surface area (Å²) in [4.78, 5) is 0.176. The van der Waals surface area contributed by atoms with Gasteiger partial charge < -0.3 is 4.74 Å². The molecule has 0 unspecified atom stereocenters. The van der Waals surface area contributed by atoms with Crippen LogP contribution in [-0.2, 0) is 10.0 Å². The Bertz CT molecular complexity index is 829. The van der Waals surface area contributed by atoms with Crippen molar-refractivity contribution in [3.8, 4) is 5.75 Å². The molecule has 0 heterocycles. The van der Waals surface area contributed by atoms with Crippen molar-refractivity contribution in [1.29, 1.82) is 0 Å². The van der Waals surface area contributed by atoms with Gasteiger partial charge in [-0.3, -0.25) is 4.72 Å². The van der Waals surface area contributed by atoms with Gasteiger partial charge in [-0.15, -0.1) is 0 Å². The number of nitrogens with one attached hydrogen (secondary N) is 1. The molecule has 136 valence electrons. The summed E-state index contributed by atoms with van der Waals surface area (Å²) in [5.74, 6) is 0.411. The summed E-state index contributed by atoms with van der Waals surface area (Å²) < 4.78 is 34.3. The Morgan fingerprint density at radius 2 is 1.64 bits per heavy atom. The topological polar surface area (TPSA) is 55.4 Å². The van der Waals surface area contributed by atoms with Crippen LogP contribution in [-0.4, -0.2) is 15.0 Å². The van der Waals surface area contributed by atoms with E-state index in [1.165, 1.54) is 0 Å². The molecular formula is C20H27NO3S. The summed E-state index contributed by atoms with van der Waals surface area (Å²) in [5.41, 5.74) is 3.45. The van der Waals surface area contributed by atoms with Gasteiger partial charge in [0.2, 0.25) is 0 Å². The molecule has 2 rings (SSSR count). The third kappa shape index (κ3) is 5.23. The number of hydrogen-bond donors (Lipinski definition) is 1. The van der Waals surface area contributed by atoms with Crippen molar-refractivity contribution in [2.45, 2.75) is 51.9 Å². The van der Waals surface area contributed by atoms with Crippen molar-refractivity contribution in [3.63, 3.8) is 0 Å². The first-order valence-electron chi connectivity index (χ1n) is 8.67. The van der Waals surface area contributed by atoms with Gasteiger partial charge in [0.05, 0.1) is 12.3 Å². The standard InChI is InChI=1S/C20H27NO3S/c1-5-6-7-12-24-19-14-16(3)9-11-20(19)25(22,23)21-18-13-15(2)8-10-17(18)4/h8-11,13-14,21H,5-7,12H2,1-4H3. The van der Waals surface area contributed by atoms with Crippen LogP contribution in [0.15, 0.2) is 41.3 Å². The van der Waals surface area contributed by atoms with Crippen LogP contribution in [0.25, 0.3) is 0 Å². The first-order chi connectivity index (χ1) is 11.8. The van der Waals surface area contributed by atoms with E-state index in [2.05, 4.69) is 11.6 Å². The third-order valence-electron chi connectivity index (χ3n) is 4.03. The lowest BCUT2D eigenvalue weighted by Crippen LogP contribution is -2.15. The molecule has 0 atom stereocenters. The molecule has 0 fully saturated rings. The van der Waals surface area contributed by atoms with Crippen LogP contribution in [0, 0.1) is 20.8 Å². The molecule has 0 amide bonds. The van der Waals surface area contributed by atoms with Crippen molar-refractivity contribution in [2.24, 2.45) is 0 Å². The highest BCUT2D eigenvalue weighted by molar-refractivity contribution is 7.92. The predicted molar refractivity (Wildman–Crippen MR) is 103 cm³/mol. The summed E-state index contributed by atoms with van der Waals surface area (Å²) in [6.07, 6.45) is 3.07. The fourth-order valence-electron chi connectivity index (χ4n) is 2.53. The Morgan fingerprint density at radius 3 is 2.36 bits per heavy atom. The van der Waals surface area contributed by atoms with Crippen LogP contribution in [0.5, 0.6) is 5.75 Å².